The number of hydrogen-bond donors (Lipinski definition) is 19. The van der Waals surface area contributed by atoms with Crippen molar-refractivity contribution in [3.63, 3.8) is 0 Å². The molecule has 33 heteroatoms. The molecule has 434 valence electrons. The Kier molecular flexibility index (Phi) is 21.8. The van der Waals surface area contributed by atoms with Crippen LogP contribution < -0.4 is 16.0 Å². The van der Waals surface area contributed by atoms with Crippen LogP contribution in [0.5, 0.6) is 0 Å². The molecular weight excluding hydrogens is 1030 g/mol. The zero-order valence-corrected chi connectivity index (χ0v) is 40.7. The molecule has 1 unspecified atom stereocenters. The van der Waals surface area contributed by atoms with E-state index in [1.807, 2.05) is 0 Å². The van der Waals surface area contributed by atoms with Gasteiger partial charge in [-0.2, -0.15) is 0 Å². The molecule has 6 heterocycles. The molecule has 0 aromatic rings. The average molecular weight is 1100 g/mol. The first-order valence-corrected chi connectivity index (χ1v) is 23.9. The predicted octanol–water partition coefficient (Wildman–Crippen LogP) is -12.6. The number of amides is 3. The molecule has 6 fully saturated rings. The molecule has 30 atom stereocenters. The van der Waals surface area contributed by atoms with Crippen LogP contribution in [0.1, 0.15) is 27.7 Å². The van der Waals surface area contributed by atoms with Gasteiger partial charge in [-0.25, -0.2) is 0 Å². The quantitative estimate of drug-likeness (QED) is 0.0606. The third-order valence-corrected chi connectivity index (χ3v) is 13.6. The van der Waals surface area contributed by atoms with Crippen molar-refractivity contribution in [3.05, 3.63) is 0 Å². The Balaban J connectivity index is 1.30. The lowest BCUT2D eigenvalue weighted by atomic mass is 9.93. The maximum absolute atomic E-state index is 12.8. The highest BCUT2D eigenvalue weighted by Crippen LogP contribution is 2.37. The van der Waals surface area contributed by atoms with Gasteiger partial charge in [-0.3, -0.25) is 14.4 Å². The summed E-state index contributed by atoms with van der Waals surface area (Å²) in [6, 6.07) is -5.06. The SMILES string of the molecule is CC(=O)N[C@H]1[C@H](O[C@H]2[C@H](O)[C@@H](NC(C)=O)C(O)O[C@@H]2CO[C@@H]2O[C@@H](C)[C@@H](O)[C@@H](O)[C@@H]2O)O[C@H](CO)[C@@H](O[C@@H]2O[C@H](CO)[C@@H](O[C@@H]3O[C@H](CO)[C@@H](O)[C@H](O)[C@H]3NC(C)=O)[C@H](O[C@H]3O[C@H](CO)[C@@H](O)[C@H](O)[C@@H]3O)[C@@H]2O)[C@@H]1O. The molecule has 0 saturated carbocycles. The zero-order valence-electron chi connectivity index (χ0n) is 40.7. The van der Waals surface area contributed by atoms with Crippen LogP contribution >= 0.6 is 0 Å². The summed E-state index contributed by atoms with van der Waals surface area (Å²) in [7, 11) is 0. The highest BCUT2D eigenvalue weighted by atomic mass is 16.8. The van der Waals surface area contributed by atoms with Gasteiger partial charge in [0.25, 0.3) is 0 Å². The van der Waals surface area contributed by atoms with Gasteiger partial charge in [0.05, 0.1) is 39.1 Å². The first-order chi connectivity index (χ1) is 35.4. The normalized spacial score (nSPS) is 48.6. The lowest BCUT2D eigenvalue weighted by molar-refractivity contribution is -0.395. The Labute approximate surface area is 426 Å². The third kappa shape index (κ3) is 13.7. The highest BCUT2D eigenvalue weighted by molar-refractivity contribution is 5.74. The maximum Gasteiger partial charge on any atom is 0.217 e. The molecule has 75 heavy (non-hydrogen) atoms. The number of ether oxygens (including phenoxy) is 11. The second-order valence-corrected chi connectivity index (χ2v) is 19.0. The molecule has 0 aliphatic carbocycles. The van der Waals surface area contributed by atoms with Crippen molar-refractivity contribution in [1.29, 1.82) is 0 Å². The maximum atomic E-state index is 12.8. The monoisotopic (exact) mass is 1100 g/mol. The molecule has 19 N–H and O–H groups in total. The van der Waals surface area contributed by atoms with E-state index in [-0.39, 0.29) is 0 Å². The second kappa shape index (κ2) is 26.5. The van der Waals surface area contributed by atoms with E-state index in [1.54, 1.807) is 0 Å². The minimum Gasteiger partial charge on any atom is -0.394 e. The number of rotatable bonds is 18. The van der Waals surface area contributed by atoms with Gasteiger partial charge in [-0.1, -0.05) is 0 Å². The van der Waals surface area contributed by atoms with E-state index >= 15 is 0 Å². The van der Waals surface area contributed by atoms with Crippen LogP contribution in [0.4, 0.5) is 0 Å². The number of nitrogens with one attached hydrogen (secondary N) is 3. The molecule has 0 radical (unpaired) electrons. The summed E-state index contributed by atoms with van der Waals surface area (Å²) >= 11 is 0. The van der Waals surface area contributed by atoms with Crippen LogP contribution in [0, 0.1) is 0 Å². The first kappa shape index (κ1) is 61.5. The predicted molar refractivity (Wildman–Crippen MR) is 233 cm³/mol. The fraction of sp³-hybridized carbons (Fsp3) is 0.929. The van der Waals surface area contributed by atoms with Gasteiger partial charge in [0.15, 0.2) is 37.7 Å². The summed E-state index contributed by atoms with van der Waals surface area (Å²) < 4.78 is 64.2. The summed E-state index contributed by atoms with van der Waals surface area (Å²) in [5, 5.41) is 180. The summed E-state index contributed by atoms with van der Waals surface area (Å²) in [6.45, 7) is -0.285. The van der Waals surface area contributed by atoms with Gasteiger partial charge in [0.2, 0.25) is 17.7 Å². The van der Waals surface area contributed by atoms with Crippen molar-refractivity contribution in [2.75, 3.05) is 33.0 Å². The Hall–Kier alpha value is -2.67. The fourth-order valence-electron chi connectivity index (χ4n) is 9.57. The van der Waals surface area contributed by atoms with Crippen LogP contribution in [-0.4, -0.2) is 317 Å². The molecule has 0 spiro atoms. The zero-order chi connectivity index (χ0) is 55.5. The van der Waals surface area contributed by atoms with E-state index in [1.165, 1.54) is 6.92 Å². The van der Waals surface area contributed by atoms with Crippen molar-refractivity contribution in [2.24, 2.45) is 0 Å². The molecule has 3 amide bonds. The average Bonchev–Trinajstić information content (AvgIpc) is 3.36. The van der Waals surface area contributed by atoms with Crippen molar-refractivity contribution >= 4 is 17.7 Å². The molecule has 0 bridgehead atoms. The number of hydrogen-bond acceptors (Lipinski definition) is 30. The molecule has 33 nitrogen and oxygen atoms in total. The van der Waals surface area contributed by atoms with Gasteiger partial charge in [0, 0.05) is 20.8 Å². The van der Waals surface area contributed by atoms with Crippen LogP contribution in [-0.2, 0) is 66.5 Å². The Morgan fingerprint density at radius 3 is 1.32 bits per heavy atom. The lowest BCUT2D eigenvalue weighted by Gasteiger charge is -2.51. The molecule has 0 aromatic heterocycles. The standard InChI is InChI=1S/C42H71N3O30/c1-10-22(53)28(59)30(61)40(66-10)65-9-18-34(26(57)19(37(64)67-18)43-11(2)50)72-39-21(45-13(4)52)27(58)33(16(7-48)70-39)73-42-32(63)36(75-41-31(62)29(60)24(55)15(6-47)69-41)35(17(8-49)71-42)74-38-20(44-12(3)51)25(56)23(54)14(5-46)68-38/h10,14-42,46-49,53-64H,5-9H2,1-4H3,(H,43,50)(H,44,51)(H,45,52)/t10-,14+,15+,16+,17+,18+,19+,20+,21+,22+,23+,24+,25+,26+,27+,28+,29-,30-,31-,32-,33+,34+,35+,36+,37?,38-,39-,40+,41+,42-/m0/s1. The van der Waals surface area contributed by atoms with Crippen LogP contribution in [0.25, 0.3) is 0 Å². The van der Waals surface area contributed by atoms with Gasteiger partial charge < -0.3 is 150 Å². The molecule has 6 aliphatic heterocycles. The van der Waals surface area contributed by atoms with Crippen molar-refractivity contribution < 1.29 is 148 Å². The van der Waals surface area contributed by atoms with Crippen LogP contribution in [0.15, 0.2) is 0 Å². The van der Waals surface area contributed by atoms with E-state index in [2.05, 4.69) is 16.0 Å². The summed E-state index contributed by atoms with van der Waals surface area (Å²) in [6.07, 6.45) is -49.9. The smallest absolute Gasteiger partial charge is 0.217 e. The van der Waals surface area contributed by atoms with Crippen molar-refractivity contribution in [2.45, 2.75) is 212 Å². The van der Waals surface area contributed by atoms with Crippen LogP contribution in [0.2, 0.25) is 0 Å². The number of aliphatic hydroxyl groups is 16. The van der Waals surface area contributed by atoms with E-state index < -0.39 is 235 Å². The van der Waals surface area contributed by atoms with Crippen molar-refractivity contribution in [3.8, 4) is 0 Å². The number of carbonyl (C=O) groups excluding carboxylic acids is 3. The second-order valence-electron chi connectivity index (χ2n) is 19.0. The topological polar surface area (TPSA) is 513 Å². The van der Waals surface area contributed by atoms with E-state index in [0.717, 1.165) is 20.8 Å². The van der Waals surface area contributed by atoms with E-state index in [4.69, 9.17) is 52.1 Å². The number of carbonyl (C=O) groups is 3. The summed E-state index contributed by atoms with van der Waals surface area (Å²) in [5.74, 6) is -2.39. The number of aliphatic hydroxyl groups excluding tert-OH is 16. The molecule has 6 rings (SSSR count). The molecule has 0 aromatic carbocycles. The highest BCUT2D eigenvalue weighted by Gasteiger charge is 2.58. The third-order valence-electron chi connectivity index (χ3n) is 13.6. The Bertz CT molecular complexity index is 1850. The molecular formula is C42H71N3O30. The van der Waals surface area contributed by atoms with Gasteiger partial charge in [-0.15, -0.1) is 0 Å². The van der Waals surface area contributed by atoms with Gasteiger partial charge in [-0.05, 0) is 6.92 Å². The fourth-order valence-corrected chi connectivity index (χ4v) is 9.57. The Morgan fingerprint density at radius 2 is 0.760 bits per heavy atom. The Morgan fingerprint density at radius 1 is 0.373 bits per heavy atom. The largest absolute Gasteiger partial charge is 0.394 e. The van der Waals surface area contributed by atoms with E-state index in [0.29, 0.717) is 0 Å². The van der Waals surface area contributed by atoms with Crippen molar-refractivity contribution in [1.82, 2.24) is 16.0 Å². The minimum absolute atomic E-state index is 0.733. The van der Waals surface area contributed by atoms with Crippen LogP contribution in [0.3, 0.4) is 0 Å². The van der Waals surface area contributed by atoms with E-state index in [9.17, 15) is 96.1 Å². The van der Waals surface area contributed by atoms with Gasteiger partial charge >= 0.3 is 0 Å². The molecule has 6 saturated heterocycles. The minimum atomic E-state index is -2.29. The first-order valence-electron chi connectivity index (χ1n) is 23.9. The molecule has 6 aliphatic rings. The summed E-state index contributed by atoms with van der Waals surface area (Å²) in [5.41, 5.74) is 0. The lowest BCUT2D eigenvalue weighted by Crippen LogP contribution is -2.71. The summed E-state index contributed by atoms with van der Waals surface area (Å²) in [4.78, 5) is 37.2. The van der Waals surface area contributed by atoms with Gasteiger partial charge in [0.1, 0.15) is 140 Å².